The summed E-state index contributed by atoms with van der Waals surface area (Å²) in [5.41, 5.74) is 1.01. The zero-order chi connectivity index (χ0) is 16.9. The van der Waals surface area contributed by atoms with Crippen LogP contribution in [0.2, 0.25) is 0 Å². The molecule has 0 bridgehead atoms. The van der Waals surface area contributed by atoms with Crippen molar-refractivity contribution in [3.05, 3.63) is 48.4 Å². The van der Waals surface area contributed by atoms with Crippen molar-refractivity contribution in [1.29, 1.82) is 0 Å². The van der Waals surface area contributed by atoms with E-state index in [2.05, 4.69) is 28.6 Å². The summed E-state index contributed by atoms with van der Waals surface area (Å²) < 4.78 is 12.8. The van der Waals surface area contributed by atoms with E-state index in [4.69, 9.17) is 9.15 Å². The number of thioether (sulfide) groups is 1. The van der Waals surface area contributed by atoms with E-state index in [-0.39, 0.29) is 0 Å². The SMILES string of the molecule is COc1ccc(-c2nnc(SCC(C)C)n2Cc2ccco2)cc1. The Morgan fingerprint density at radius 2 is 1.96 bits per heavy atom. The quantitative estimate of drug-likeness (QED) is 0.597. The molecule has 5 nitrogen and oxygen atoms in total. The Hall–Kier alpha value is -2.21. The van der Waals surface area contributed by atoms with Gasteiger partial charge in [0, 0.05) is 11.3 Å². The van der Waals surface area contributed by atoms with Crippen LogP contribution in [0.25, 0.3) is 11.4 Å². The van der Waals surface area contributed by atoms with Crippen molar-refractivity contribution >= 4 is 11.8 Å². The first-order valence-corrected chi connectivity index (χ1v) is 8.88. The van der Waals surface area contributed by atoms with Gasteiger partial charge in [0.05, 0.1) is 19.9 Å². The maximum absolute atomic E-state index is 5.51. The molecule has 0 fully saturated rings. The number of rotatable bonds is 7. The minimum atomic E-state index is 0.591. The Morgan fingerprint density at radius 1 is 1.17 bits per heavy atom. The third kappa shape index (κ3) is 3.82. The number of benzene rings is 1. The van der Waals surface area contributed by atoms with Crippen LogP contribution in [0, 0.1) is 5.92 Å². The van der Waals surface area contributed by atoms with E-state index < -0.39 is 0 Å². The highest BCUT2D eigenvalue weighted by molar-refractivity contribution is 7.99. The molecule has 0 saturated carbocycles. The average Bonchev–Trinajstić information content (AvgIpc) is 3.23. The van der Waals surface area contributed by atoms with Gasteiger partial charge in [0.2, 0.25) is 0 Å². The van der Waals surface area contributed by atoms with Gasteiger partial charge in [-0.15, -0.1) is 10.2 Å². The molecule has 24 heavy (non-hydrogen) atoms. The number of nitrogens with zero attached hydrogens (tertiary/aromatic N) is 3. The molecule has 1 aromatic carbocycles. The standard InChI is InChI=1S/C18H21N3O2S/c1-13(2)12-24-18-20-19-17(14-6-8-15(22-3)9-7-14)21(18)11-16-5-4-10-23-16/h4-10,13H,11-12H2,1-3H3. The van der Waals surface area contributed by atoms with Gasteiger partial charge in [-0.3, -0.25) is 4.57 Å². The van der Waals surface area contributed by atoms with Crippen LogP contribution in [0.4, 0.5) is 0 Å². The van der Waals surface area contributed by atoms with Crippen molar-refractivity contribution in [2.24, 2.45) is 5.92 Å². The minimum absolute atomic E-state index is 0.591. The molecule has 2 aromatic heterocycles. The van der Waals surface area contributed by atoms with E-state index in [1.807, 2.05) is 36.4 Å². The second kappa shape index (κ2) is 7.57. The Morgan fingerprint density at radius 3 is 2.58 bits per heavy atom. The number of hydrogen-bond acceptors (Lipinski definition) is 5. The number of hydrogen-bond donors (Lipinski definition) is 0. The van der Waals surface area contributed by atoms with Crippen LogP contribution in [-0.4, -0.2) is 27.6 Å². The fourth-order valence-electron chi connectivity index (χ4n) is 2.29. The summed E-state index contributed by atoms with van der Waals surface area (Å²) >= 11 is 1.72. The lowest BCUT2D eigenvalue weighted by atomic mass is 10.2. The van der Waals surface area contributed by atoms with Gasteiger partial charge in [0.1, 0.15) is 11.5 Å². The molecule has 3 aromatic rings. The van der Waals surface area contributed by atoms with Crippen LogP contribution in [0.5, 0.6) is 5.75 Å². The summed E-state index contributed by atoms with van der Waals surface area (Å²) in [7, 11) is 1.66. The third-order valence-corrected chi connectivity index (χ3v) is 4.90. The lowest BCUT2D eigenvalue weighted by Gasteiger charge is -2.10. The Labute approximate surface area is 146 Å². The Bertz CT molecular complexity index is 764. The molecule has 0 spiro atoms. The van der Waals surface area contributed by atoms with Crippen LogP contribution in [0.3, 0.4) is 0 Å². The van der Waals surface area contributed by atoms with Crippen LogP contribution >= 0.6 is 11.8 Å². The predicted molar refractivity (Wildman–Crippen MR) is 95.4 cm³/mol. The third-order valence-electron chi connectivity index (χ3n) is 3.50. The lowest BCUT2D eigenvalue weighted by Crippen LogP contribution is -2.04. The molecule has 126 valence electrons. The molecular formula is C18H21N3O2S. The normalized spacial score (nSPS) is 11.2. The number of furan rings is 1. The molecule has 0 aliphatic heterocycles. The van der Waals surface area contributed by atoms with Gasteiger partial charge in [0.15, 0.2) is 11.0 Å². The van der Waals surface area contributed by atoms with Gasteiger partial charge in [-0.2, -0.15) is 0 Å². The van der Waals surface area contributed by atoms with Crippen molar-refractivity contribution in [2.45, 2.75) is 25.5 Å². The maximum Gasteiger partial charge on any atom is 0.191 e. The summed E-state index contributed by atoms with van der Waals surface area (Å²) in [6, 6.07) is 11.7. The molecule has 0 radical (unpaired) electrons. The molecule has 6 heteroatoms. The molecule has 0 aliphatic carbocycles. The molecule has 0 atom stereocenters. The van der Waals surface area contributed by atoms with Crippen molar-refractivity contribution in [3.63, 3.8) is 0 Å². The highest BCUT2D eigenvalue weighted by Crippen LogP contribution is 2.27. The molecule has 3 rings (SSSR count). The van der Waals surface area contributed by atoms with Crippen molar-refractivity contribution in [3.8, 4) is 17.1 Å². The van der Waals surface area contributed by atoms with Gasteiger partial charge >= 0.3 is 0 Å². The van der Waals surface area contributed by atoms with Crippen LogP contribution in [0.1, 0.15) is 19.6 Å². The predicted octanol–water partition coefficient (Wildman–Crippen LogP) is 4.34. The second-order valence-electron chi connectivity index (χ2n) is 5.91. The largest absolute Gasteiger partial charge is 0.497 e. The van der Waals surface area contributed by atoms with Gasteiger partial charge < -0.3 is 9.15 Å². The second-order valence-corrected chi connectivity index (χ2v) is 6.89. The zero-order valence-electron chi connectivity index (χ0n) is 14.1. The van der Waals surface area contributed by atoms with E-state index in [0.29, 0.717) is 12.5 Å². The summed E-state index contributed by atoms with van der Waals surface area (Å²) in [5.74, 6) is 4.13. The van der Waals surface area contributed by atoms with E-state index in [9.17, 15) is 0 Å². The lowest BCUT2D eigenvalue weighted by molar-refractivity contribution is 0.415. The van der Waals surface area contributed by atoms with E-state index in [0.717, 1.165) is 33.8 Å². The smallest absolute Gasteiger partial charge is 0.191 e. The minimum Gasteiger partial charge on any atom is -0.497 e. The monoisotopic (exact) mass is 343 g/mol. The van der Waals surface area contributed by atoms with Crippen LogP contribution < -0.4 is 4.74 Å². The van der Waals surface area contributed by atoms with Gasteiger partial charge in [0.25, 0.3) is 0 Å². The molecule has 0 aliphatic rings. The molecule has 0 saturated heterocycles. The highest BCUT2D eigenvalue weighted by atomic mass is 32.2. The van der Waals surface area contributed by atoms with Crippen LogP contribution in [-0.2, 0) is 6.54 Å². The first kappa shape index (κ1) is 16.6. The van der Waals surface area contributed by atoms with E-state index >= 15 is 0 Å². The summed E-state index contributed by atoms with van der Waals surface area (Å²) in [6.45, 7) is 5.01. The fraction of sp³-hybridized carbons (Fsp3) is 0.333. The summed E-state index contributed by atoms with van der Waals surface area (Å²) in [5, 5.41) is 9.71. The summed E-state index contributed by atoms with van der Waals surface area (Å²) in [4.78, 5) is 0. The van der Waals surface area contributed by atoms with E-state index in [1.165, 1.54) is 0 Å². The average molecular weight is 343 g/mol. The summed E-state index contributed by atoms with van der Waals surface area (Å²) in [6.07, 6.45) is 1.69. The zero-order valence-corrected chi connectivity index (χ0v) is 14.9. The van der Waals surface area contributed by atoms with Crippen molar-refractivity contribution in [1.82, 2.24) is 14.8 Å². The number of methoxy groups -OCH3 is 1. The Balaban J connectivity index is 1.94. The topological polar surface area (TPSA) is 53.1 Å². The van der Waals surface area contributed by atoms with Gasteiger partial charge in [-0.05, 0) is 42.3 Å². The number of ether oxygens (including phenoxy) is 1. The van der Waals surface area contributed by atoms with Crippen molar-refractivity contribution in [2.75, 3.05) is 12.9 Å². The maximum atomic E-state index is 5.51. The number of aromatic nitrogens is 3. The van der Waals surface area contributed by atoms with Gasteiger partial charge in [-0.1, -0.05) is 25.6 Å². The molecule has 0 unspecified atom stereocenters. The Kier molecular flexibility index (Phi) is 5.25. The van der Waals surface area contributed by atoms with Gasteiger partial charge in [-0.25, -0.2) is 0 Å². The molecule has 0 amide bonds. The van der Waals surface area contributed by atoms with Crippen molar-refractivity contribution < 1.29 is 9.15 Å². The molecule has 0 N–H and O–H groups in total. The first-order valence-electron chi connectivity index (χ1n) is 7.90. The fourth-order valence-corrected chi connectivity index (χ4v) is 3.18. The van der Waals surface area contributed by atoms with E-state index in [1.54, 1.807) is 25.1 Å². The first-order chi connectivity index (χ1) is 11.7. The molecule has 2 heterocycles. The van der Waals surface area contributed by atoms with Crippen LogP contribution in [0.15, 0.2) is 52.2 Å². The highest BCUT2D eigenvalue weighted by Gasteiger charge is 2.16. The molecular weight excluding hydrogens is 322 g/mol.